The van der Waals surface area contributed by atoms with Crippen LogP contribution in [0, 0.1) is 0 Å². The van der Waals surface area contributed by atoms with E-state index in [1.165, 1.54) is 0 Å². The normalized spacial score (nSPS) is 12.1. The summed E-state index contributed by atoms with van der Waals surface area (Å²) in [4.78, 5) is 10.7. The molecule has 2 aromatic carbocycles. The SMILES string of the molecule is O=C(O)c1ccc(CC(Cl)c2ccccc2)cc1. The first-order chi connectivity index (χ1) is 8.66. The second kappa shape index (κ2) is 5.69. The lowest BCUT2D eigenvalue weighted by molar-refractivity contribution is 0.0697. The molecule has 2 nitrogen and oxygen atoms in total. The molecule has 92 valence electrons. The molecule has 3 heteroatoms. The number of halogens is 1. The predicted octanol–water partition coefficient (Wildman–Crippen LogP) is 3.91. The van der Waals surface area contributed by atoms with E-state index < -0.39 is 5.97 Å². The van der Waals surface area contributed by atoms with Gasteiger partial charge < -0.3 is 5.11 Å². The van der Waals surface area contributed by atoms with Crippen LogP contribution in [0.5, 0.6) is 0 Å². The van der Waals surface area contributed by atoms with Gasteiger partial charge in [0.05, 0.1) is 10.9 Å². The summed E-state index contributed by atoms with van der Waals surface area (Å²) in [5, 5.41) is 8.71. The van der Waals surface area contributed by atoms with Gasteiger partial charge in [0.2, 0.25) is 0 Å². The van der Waals surface area contributed by atoms with E-state index in [4.69, 9.17) is 16.7 Å². The molecule has 2 aromatic rings. The third kappa shape index (κ3) is 3.11. The van der Waals surface area contributed by atoms with Gasteiger partial charge in [-0.15, -0.1) is 11.6 Å². The summed E-state index contributed by atoms with van der Waals surface area (Å²) in [6.07, 6.45) is 0.686. The first-order valence-corrected chi connectivity index (χ1v) is 6.11. The molecule has 0 saturated carbocycles. The van der Waals surface area contributed by atoms with Crippen molar-refractivity contribution in [1.29, 1.82) is 0 Å². The van der Waals surface area contributed by atoms with Crippen LogP contribution in [0.2, 0.25) is 0 Å². The molecule has 18 heavy (non-hydrogen) atoms. The van der Waals surface area contributed by atoms with E-state index in [0.29, 0.717) is 12.0 Å². The van der Waals surface area contributed by atoms with Crippen molar-refractivity contribution in [2.24, 2.45) is 0 Å². The molecule has 0 amide bonds. The maximum atomic E-state index is 10.7. The second-order valence-corrected chi connectivity index (χ2v) is 4.61. The average molecular weight is 261 g/mol. The molecule has 0 aliphatic heterocycles. The van der Waals surface area contributed by atoms with Crippen LogP contribution in [0.15, 0.2) is 54.6 Å². The van der Waals surface area contributed by atoms with Crippen molar-refractivity contribution in [3.05, 3.63) is 71.3 Å². The first kappa shape index (κ1) is 12.7. The number of hydrogen-bond acceptors (Lipinski definition) is 1. The fraction of sp³-hybridized carbons (Fsp3) is 0.133. The molecule has 0 bridgehead atoms. The Morgan fingerprint density at radius 3 is 2.22 bits per heavy atom. The van der Waals surface area contributed by atoms with Gasteiger partial charge in [0, 0.05) is 0 Å². The molecule has 1 atom stereocenters. The molecule has 1 unspecified atom stereocenters. The smallest absolute Gasteiger partial charge is 0.335 e. The van der Waals surface area contributed by atoms with E-state index in [0.717, 1.165) is 11.1 Å². The van der Waals surface area contributed by atoms with Crippen molar-refractivity contribution < 1.29 is 9.90 Å². The van der Waals surface area contributed by atoms with E-state index in [1.54, 1.807) is 12.1 Å². The minimum atomic E-state index is -0.910. The molecule has 0 aliphatic carbocycles. The zero-order chi connectivity index (χ0) is 13.0. The molecule has 0 saturated heterocycles. The van der Waals surface area contributed by atoms with Crippen LogP contribution in [0.3, 0.4) is 0 Å². The van der Waals surface area contributed by atoms with Crippen LogP contribution < -0.4 is 0 Å². The van der Waals surface area contributed by atoms with Crippen molar-refractivity contribution in [2.75, 3.05) is 0 Å². The molecular formula is C15H13ClO2. The largest absolute Gasteiger partial charge is 0.478 e. The van der Waals surface area contributed by atoms with E-state index >= 15 is 0 Å². The van der Waals surface area contributed by atoms with Crippen molar-refractivity contribution >= 4 is 17.6 Å². The third-order valence-electron chi connectivity index (χ3n) is 2.78. The number of aromatic carboxylic acids is 1. The van der Waals surface area contributed by atoms with Crippen LogP contribution in [-0.2, 0) is 6.42 Å². The van der Waals surface area contributed by atoms with Gasteiger partial charge in [0.25, 0.3) is 0 Å². The van der Waals surface area contributed by atoms with Crippen LogP contribution in [0.1, 0.15) is 26.9 Å². The fourth-order valence-electron chi connectivity index (χ4n) is 1.77. The van der Waals surface area contributed by atoms with Gasteiger partial charge in [-0.2, -0.15) is 0 Å². The number of carboxylic acids is 1. The van der Waals surface area contributed by atoms with Crippen molar-refractivity contribution in [3.8, 4) is 0 Å². The zero-order valence-electron chi connectivity index (χ0n) is 9.71. The standard InChI is InChI=1S/C15H13ClO2/c16-14(12-4-2-1-3-5-12)10-11-6-8-13(9-7-11)15(17)18/h1-9,14H,10H2,(H,17,18). The highest BCUT2D eigenvalue weighted by atomic mass is 35.5. The van der Waals surface area contributed by atoms with Gasteiger partial charge in [0.1, 0.15) is 0 Å². The third-order valence-corrected chi connectivity index (χ3v) is 3.18. The lowest BCUT2D eigenvalue weighted by Gasteiger charge is -2.09. The Morgan fingerprint density at radius 1 is 1.06 bits per heavy atom. The van der Waals surface area contributed by atoms with E-state index in [2.05, 4.69) is 0 Å². The highest BCUT2D eigenvalue weighted by Gasteiger charge is 2.09. The van der Waals surface area contributed by atoms with Crippen LogP contribution in [0.25, 0.3) is 0 Å². The number of hydrogen-bond donors (Lipinski definition) is 1. The van der Waals surface area contributed by atoms with E-state index in [-0.39, 0.29) is 5.38 Å². The average Bonchev–Trinajstić information content (AvgIpc) is 2.40. The summed E-state index contributed by atoms with van der Waals surface area (Å²) < 4.78 is 0. The monoisotopic (exact) mass is 260 g/mol. The molecule has 0 fully saturated rings. The summed E-state index contributed by atoms with van der Waals surface area (Å²) in [7, 11) is 0. The molecule has 0 heterocycles. The number of benzene rings is 2. The van der Waals surface area contributed by atoms with Gasteiger partial charge >= 0.3 is 5.97 Å². The second-order valence-electron chi connectivity index (χ2n) is 4.08. The van der Waals surface area contributed by atoms with Gasteiger partial charge in [0.15, 0.2) is 0 Å². The predicted molar refractivity (Wildman–Crippen MR) is 72.1 cm³/mol. The van der Waals surface area contributed by atoms with Gasteiger partial charge in [-0.1, -0.05) is 42.5 Å². The Hall–Kier alpha value is -1.80. The number of carboxylic acid groups (broad SMARTS) is 1. The van der Waals surface area contributed by atoms with Crippen LogP contribution >= 0.6 is 11.6 Å². The topological polar surface area (TPSA) is 37.3 Å². The summed E-state index contributed by atoms with van der Waals surface area (Å²) in [5.41, 5.74) is 2.40. The van der Waals surface area contributed by atoms with E-state index in [9.17, 15) is 4.79 Å². The Balaban J connectivity index is 2.08. The maximum Gasteiger partial charge on any atom is 0.335 e. The van der Waals surface area contributed by atoms with Gasteiger partial charge in [-0.05, 0) is 29.7 Å². The maximum absolute atomic E-state index is 10.7. The molecule has 0 aliphatic rings. The molecule has 0 radical (unpaired) electrons. The molecule has 2 rings (SSSR count). The minimum Gasteiger partial charge on any atom is -0.478 e. The van der Waals surface area contributed by atoms with Gasteiger partial charge in [-0.25, -0.2) is 4.79 Å². The van der Waals surface area contributed by atoms with Crippen molar-refractivity contribution in [3.63, 3.8) is 0 Å². The number of carbonyl (C=O) groups is 1. The first-order valence-electron chi connectivity index (χ1n) is 5.68. The molecule has 0 aromatic heterocycles. The Labute approximate surface area is 111 Å². The molecular weight excluding hydrogens is 248 g/mol. The minimum absolute atomic E-state index is 0.0955. The Morgan fingerprint density at radius 2 is 1.67 bits per heavy atom. The van der Waals surface area contributed by atoms with E-state index in [1.807, 2.05) is 42.5 Å². The molecule has 1 N–H and O–H groups in total. The quantitative estimate of drug-likeness (QED) is 0.847. The highest BCUT2D eigenvalue weighted by Crippen LogP contribution is 2.24. The van der Waals surface area contributed by atoms with Crippen molar-refractivity contribution in [2.45, 2.75) is 11.8 Å². The summed E-state index contributed by atoms with van der Waals surface area (Å²) in [6.45, 7) is 0. The van der Waals surface area contributed by atoms with Gasteiger partial charge in [-0.3, -0.25) is 0 Å². The zero-order valence-corrected chi connectivity index (χ0v) is 10.5. The lowest BCUT2D eigenvalue weighted by Crippen LogP contribution is -1.98. The fourth-order valence-corrected chi connectivity index (χ4v) is 2.09. The lowest BCUT2D eigenvalue weighted by atomic mass is 10.0. The summed E-state index contributed by atoms with van der Waals surface area (Å²) in [5.74, 6) is -0.910. The van der Waals surface area contributed by atoms with Crippen LogP contribution in [0.4, 0.5) is 0 Å². The summed E-state index contributed by atoms with van der Waals surface area (Å²) >= 11 is 6.33. The number of rotatable bonds is 4. The molecule has 0 spiro atoms. The summed E-state index contributed by atoms with van der Waals surface area (Å²) in [6, 6.07) is 16.7. The Bertz CT molecular complexity index is 520. The van der Waals surface area contributed by atoms with Crippen molar-refractivity contribution in [1.82, 2.24) is 0 Å². The number of alkyl halides is 1. The van der Waals surface area contributed by atoms with Crippen LogP contribution in [-0.4, -0.2) is 11.1 Å². The Kier molecular flexibility index (Phi) is 4.00. The highest BCUT2D eigenvalue weighted by molar-refractivity contribution is 6.20.